The van der Waals surface area contributed by atoms with Crippen LogP contribution in [-0.4, -0.2) is 42.4 Å². The normalized spacial score (nSPS) is 15.8. The van der Waals surface area contributed by atoms with Crippen molar-refractivity contribution >= 4 is 35.8 Å². The molecule has 0 saturated carbocycles. The van der Waals surface area contributed by atoms with E-state index in [1.807, 2.05) is 49.1 Å². The summed E-state index contributed by atoms with van der Waals surface area (Å²) in [7, 11) is 0. The van der Waals surface area contributed by atoms with Gasteiger partial charge < -0.3 is 20.3 Å². The highest BCUT2D eigenvalue weighted by Gasteiger charge is 2.25. The number of guanidine groups is 1. The van der Waals surface area contributed by atoms with Crippen molar-refractivity contribution in [1.29, 1.82) is 0 Å². The molecule has 2 N–H and O–H groups in total. The molecule has 1 amide bonds. The van der Waals surface area contributed by atoms with Crippen LogP contribution < -0.4 is 15.4 Å². The highest BCUT2D eigenvalue weighted by atomic mass is 127. The second kappa shape index (κ2) is 13.2. The van der Waals surface area contributed by atoms with Gasteiger partial charge in [-0.3, -0.25) is 4.79 Å². The Bertz CT molecular complexity index is 892. The quantitative estimate of drug-likeness (QED) is 0.293. The smallest absolute Gasteiger partial charge is 0.222 e. The first-order chi connectivity index (χ1) is 15.1. The molecule has 0 spiro atoms. The summed E-state index contributed by atoms with van der Waals surface area (Å²) in [5, 5.41) is 6.71. The van der Waals surface area contributed by atoms with Gasteiger partial charge in [-0.1, -0.05) is 31.2 Å². The van der Waals surface area contributed by atoms with E-state index in [-0.39, 0.29) is 41.7 Å². The van der Waals surface area contributed by atoms with E-state index >= 15 is 0 Å². The molecule has 1 heterocycles. The molecule has 1 aliphatic rings. The van der Waals surface area contributed by atoms with Gasteiger partial charge in [-0.2, -0.15) is 0 Å². The topological polar surface area (TPSA) is 66.0 Å². The SMILES string of the molecule is CCNC(=NCc1ccc(OCc2cccc(F)c2)cc1)NC1CCN(C(=O)CC)C1.I. The first kappa shape index (κ1) is 25.9. The van der Waals surface area contributed by atoms with Crippen molar-refractivity contribution in [3.05, 3.63) is 65.5 Å². The van der Waals surface area contributed by atoms with Gasteiger partial charge in [0.2, 0.25) is 5.91 Å². The second-order valence-electron chi connectivity index (χ2n) is 7.58. The lowest BCUT2D eigenvalue weighted by atomic mass is 10.2. The molecule has 1 atom stereocenters. The molecule has 1 unspecified atom stereocenters. The Morgan fingerprint density at radius 3 is 2.66 bits per heavy atom. The van der Waals surface area contributed by atoms with Crippen molar-refractivity contribution < 1.29 is 13.9 Å². The third-order valence-corrected chi connectivity index (χ3v) is 5.17. The van der Waals surface area contributed by atoms with Crippen LogP contribution in [0.2, 0.25) is 0 Å². The van der Waals surface area contributed by atoms with Gasteiger partial charge in [0, 0.05) is 32.1 Å². The Balaban J connectivity index is 0.00000363. The Morgan fingerprint density at radius 1 is 1.19 bits per heavy atom. The Kier molecular flexibility index (Phi) is 10.7. The molecule has 0 aliphatic carbocycles. The monoisotopic (exact) mass is 554 g/mol. The number of aliphatic imine (C=N–C) groups is 1. The van der Waals surface area contributed by atoms with Crippen LogP contribution in [-0.2, 0) is 17.9 Å². The van der Waals surface area contributed by atoms with Crippen LogP contribution in [0.15, 0.2) is 53.5 Å². The lowest BCUT2D eigenvalue weighted by Crippen LogP contribution is -2.45. The number of amides is 1. The Hall–Kier alpha value is -2.36. The van der Waals surface area contributed by atoms with Crippen molar-refractivity contribution in [2.45, 2.75) is 45.9 Å². The maximum absolute atomic E-state index is 13.3. The summed E-state index contributed by atoms with van der Waals surface area (Å²) < 4.78 is 19.0. The molecule has 174 valence electrons. The van der Waals surface area contributed by atoms with Gasteiger partial charge in [-0.05, 0) is 48.7 Å². The number of carbonyl (C=O) groups is 1. The van der Waals surface area contributed by atoms with Crippen LogP contribution in [0.1, 0.15) is 37.8 Å². The number of benzene rings is 2. The predicted octanol–water partition coefficient (Wildman–Crippen LogP) is 4.09. The number of ether oxygens (including phenoxy) is 1. The average molecular weight is 554 g/mol. The van der Waals surface area contributed by atoms with Crippen molar-refractivity contribution in [2.24, 2.45) is 4.99 Å². The lowest BCUT2D eigenvalue weighted by molar-refractivity contribution is -0.129. The van der Waals surface area contributed by atoms with Crippen molar-refractivity contribution in [2.75, 3.05) is 19.6 Å². The summed E-state index contributed by atoms with van der Waals surface area (Å²) >= 11 is 0. The summed E-state index contributed by atoms with van der Waals surface area (Å²) in [5.74, 6) is 1.42. The van der Waals surface area contributed by atoms with Gasteiger partial charge in [0.05, 0.1) is 6.54 Å². The Morgan fingerprint density at radius 2 is 1.97 bits per heavy atom. The third-order valence-electron chi connectivity index (χ3n) is 5.17. The number of nitrogens with zero attached hydrogens (tertiary/aromatic N) is 2. The summed E-state index contributed by atoms with van der Waals surface area (Å²) in [6, 6.07) is 14.4. The zero-order valence-corrected chi connectivity index (χ0v) is 21.0. The second-order valence-corrected chi connectivity index (χ2v) is 7.58. The van der Waals surface area contributed by atoms with Crippen LogP contribution in [0.4, 0.5) is 4.39 Å². The van der Waals surface area contributed by atoms with E-state index in [1.54, 1.807) is 6.07 Å². The molecule has 1 fully saturated rings. The molecule has 1 aliphatic heterocycles. The molecule has 32 heavy (non-hydrogen) atoms. The predicted molar refractivity (Wildman–Crippen MR) is 136 cm³/mol. The number of hydrogen-bond donors (Lipinski definition) is 2. The highest BCUT2D eigenvalue weighted by Crippen LogP contribution is 2.15. The number of rotatable bonds is 8. The van der Waals surface area contributed by atoms with Gasteiger partial charge in [0.25, 0.3) is 0 Å². The summed E-state index contributed by atoms with van der Waals surface area (Å²) in [6.45, 7) is 7.06. The average Bonchev–Trinajstić information content (AvgIpc) is 3.25. The fourth-order valence-corrected chi connectivity index (χ4v) is 3.50. The first-order valence-corrected chi connectivity index (χ1v) is 10.9. The molecular weight excluding hydrogens is 522 g/mol. The van der Waals surface area contributed by atoms with E-state index in [1.165, 1.54) is 12.1 Å². The molecule has 0 radical (unpaired) electrons. The maximum atomic E-state index is 13.3. The van der Waals surface area contributed by atoms with Crippen LogP contribution in [0.5, 0.6) is 5.75 Å². The molecule has 3 rings (SSSR count). The number of hydrogen-bond acceptors (Lipinski definition) is 3. The molecule has 0 bridgehead atoms. The van der Waals surface area contributed by atoms with Crippen LogP contribution in [0.3, 0.4) is 0 Å². The minimum atomic E-state index is -0.262. The summed E-state index contributed by atoms with van der Waals surface area (Å²) in [4.78, 5) is 18.5. The first-order valence-electron chi connectivity index (χ1n) is 10.9. The molecule has 2 aromatic rings. The van der Waals surface area contributed by atoms with Gasteiger partial charge in [-0.25, -0.2) is 9.38 Å². The minimum absolute atomic E-state index is 0. The van der Waals surface area contributed by atoms with E-state index < -0.39 is 0 Å². The maximum Gasteiger partial charge on any atom is 0.222 e. The van der Waals surface area contributed by atoms with Gasteiger partial charge in [-0.15, -0.1) is 24.0 Å². The fourth-order valence-electron chi connectivity index (χ4n) is 3.50. The molecule has 0 aromatic heterocycles. The largest absolute Gasteiger partial charge is 0.489 e. The van der Waals surface area contributed by atoms with Gasteiger partial charge in [0.1, 0.15) is 18.2 Å². The van der Waals surface area contributed by atoms with E-state index in [2.05, 4.69) is 15.6 Å². The van der Waals surface area contributed by atoms with Gasteiger partial charge >= 0.3 is 0 Å². The minimum Gasteiger partial charge on any atom is -0.489 e. The summed E-state index contributed by atoms with van der Waals surface area (Å²) in [5.41, 5.74) is 1.85. The highest BCUT2D eigenvalue weighted by molar-refractivity contribution is 14.0. The molecule has 8 heteroatoms. The van der Waals surface area contributed by atoms with Crippen LogP contribution in [0, 0.1) is 5.82 Å². The van der Waals surface area contributed by atoms with Crippen molar-refractivity contribution in [3.63, 3.8) is 0 Å². The van der Waals surface area contributed by atoms with Crippen molar-refractivity contribution in [3.8, 4) is 5.75 Å². The zero-order valence-electron chi connectivity index (χ0n) is 18.6. The number of nitrogens with one attached hydrogen (secondary N) is 2. The fraction of sp³-hybridized carbons (Fsp3) is 0.417. The third kappa shape index (κ3) is 7.96. The van der Waals surface area contributed by atoms with E-state index in [4.69, 9.17) is 4.74 Å². The molecular formula is C24H32FIN4O2. The van der Waals surface area contributed by atoms with Crippen LogP contribution >= 0.6 is 24.0 Å². The standard InChI is InChI=1S/C24H31FN4O2.HI/c1-3-23(30)29-13-12-21(16-29)28-24(26-4-2)27-15-18-8-10-22(11-9-18)31-17-19-6-5-7-20(25)14-19;/h5-11,14,21H,3-4,12-13,15-17H2,1-2H3,(H2,26,27,28);1H. The zero-order chi connectivity index (χ0) is 22.1. The molecule has 1 saturated heterocycles. The number of likely N-dealkylation sites (tertiary alicyclic amines) is 1. The van der Waals surface area contributed by atoms with Crippen molar-refractivity contribution in [1.82, 2.24) is 15.5 Å². The van der Waals surface area contributed by atoms with E-state index in [9.17, 15) is 9.18 Å². The lowest BCUT2D eigenvalue weighted by Gasteiger charge is -2.18. The molecule has 6 nitrogen and oxygen atoms in total. The summed E-state index contributed by atoms with van der Waals surface area (Å²) in [6.07, 6.45) is 1.47. The van der Waals surface area contributed by atoms with Crippen LogP contribution in [0.25, 0.3) is 0 Å². The van der Waals surface area contributed by atoms with E-state index in [0.29, 0.717) is 26.1 Å². The Labute approximate surface area is 206 Å². The van der Waals surface area contributed by atoms with Gasteiger partial charge in [0.15, 0.2) is 5.96 Å². The number of halogens is 2. The molecule has 2 aromatic carbocycles. The van der Waals surface area contributed by atoms with E-state index in [0.717, 1.165) is 42.3 Å². The number of carbonyl (C=O) groups excluding carboxylic acids is 1.